The molecule has 1 amide bonds. The number of piperidine rings is 1. The molecule has 1 saturated heterocycles. The molecule has 3 nitrogen and oxygen atoms in total. The molecular formula is C19H18ClFN2O. The fraction of sp³-hybridized carbons (Fsp3) is 0.316. The van der Waals surface area contributed by atoms with E-state index in [0.717, 1.165) is 24.8 Å². The normalized spacial score (nSPS) is 15.2. The number of benzene rings is 1. The van der Waals surface area contributed by atoms with Gasteiger partial charge in [0.1, 0.15) is 0 Å². The highest BCUT2D eigenvalue weighted by Gasteiger charge is 2.25. The van der Waals surface area contributed by atoms with E-state index >= 15 is 0 Å². The van der Waals surface area contributed by atoms with Gasteiger partial charge >= 0.3 is 0 Å². The molecule has 24 heavy (non-hydrogen) atoms. The largest absolute Gasteiger partial charge is 0.399 e. The van der Waals surface area contributed by atoms with Gasteiger partial charge in [-0.1, -0.05) is 17.7 Å². The maximum absolute atomic E-state index is 12.9. The van der Waals surface area contributed by atoms with E-state index in [9.17, 15) is 9.18 Å². The van der Waals surface area contributed by atoms with Crippen LogP contribution in [0.25, 0.3) is 0 Å². The Morgan fingerprint density at radius 3 is 2.67 bits per heavy atom. The lowest BCUT2D eigenvalue weighted by Gasteiger charge is -2.32. The summed E-state index contributed by atoms with van der Waals surface area (Å²) in [5.74, 6) is -0.00826. The Hall–Kier alpha value is -2.25. The van der Waals surface area contributed by atoms with Gasteiger partial charge in [-0.15, -0.1) is 0 Å². The van der Waals surface area contributed by atoms with Crippen LogP contribution in [0.3, 0.4) is 0 Å². The fourth-order valence-corrected chi connectivity index (χ4v) is 3.24. The van der Waals surface area contributed by atoms with Crippen molar-refractivity contribution in [3.05, 3.63) is 64.4 Å². The zero-order chi connectivity index (χ0) is 17.1. The number of carbonyl (C=O) groups is 1. The number of nitrogens with zero attached hydrogens (tertiary/aromatic N) is 1. The molecule has 1 heterocycles. The minimum Gasteiger partial charge on any atom is -0.399 e. The second-order valence-corrected chi connectivity index (χ2v) is 6.54. The van der Waals surface area contributed by atoms with Crippen LogP contribution in [-0.2, 0) is 6.42 Å². The van der Waals surface area contributed by atoms with Crippen LogP contribution in [0.2, 0.25) is 5.02 Å². The maximum Gasteiger partial charge on any atom is 0.255 e. The SMILES string of the molecule is Nc1ccc(Cl)c(C(=O)N2CCC(Cc3c#cc(F)cc3)CC2)c1. The third-order valence-electron chi connectivity index (χ3n) is 4.40. The smallest absolute Gasteiger partial charge is 0.255 e. The Morgan fingerprint density at radius 1 is 1.25 bits per heavy atom. The van der Waals surface area contributed by atoms with Crippen LogP contribution in [-0.4, -0.2) is 23.9 Å². The molecule has 0 saturated carbocycles. The third kappa shape index (κ3) is 3.80. The fourth-order valence-electron chi connectivity index (χ4n) is 3.04. The summed E-state index contributed by atoms with van der Waals surface area (Å²) in [6, 6.07) is 13.4. The van der Waals surface area contributed by atoms with Crippen molar-refractivity contribution in [2.45, 2.75) is 19.3 Å². The molecular weight excluding hydrogens is 327 g/mol. The zero-order valence-corrected chi connectivity index (χ0v) is 13.9. The first kappa shape index (κ1) is 16.6. The number of hydrogen-bond acceptors (Lipinski definition) is 2. The summed E-state index contributed by atoms with van der Waals surface area (Å²) in [6.45, 7) is 1.36. The number of likely N-dealkylation sites (tertiary alicyclic amines) is 1. The molecule has 0 atom stereocenters. The average molecular weight is 345 g/mol. The summed E-state index contributed by atoms with van der Waals surface area (Å²) in [7, 11) is 0. The second-order valence-electron chi connectivity index (χ2n) is 6.14. The Bertz CT molecular complexity index is 725. The Kier molecular flexibility index (Phi) is 4.92. The van der Waals surface area contributed by atoms with E-state index in [1.807, 2.05) is 4.90 Å². The predicted octanol–water partition coefficient (Wildman–Crippen LogP) is 3.76. The first-order chi connectivity index (χ1) is 11.5. The van der Waals surface area contributed by atoms with Crippen molar-refractivity contribution in [1.29, 1.82) is 0 Å². The van der Waals surface area contributed by atoms with Crippen LogP contribution in [0.5, 0.6) is 0 Å². The van der Waals surface area contributed by atoms with Crippen molar-refractivity contribution < 1.29 is 9.18 Å². The van der Waals surface area contributed by atoms with Crippen molar-refractivity contribution in [1.82, 2.24) is 4.90 Å². The number of anilines is 1. The summed E-state index contributed by atoms with van der Waals surface area (Å²) < 4.78 is 12.9. The average Bonchev–Trinajstić information content (AvgIpc) is 2.59. The highest BCUT2D eigenvalue weighted by Crippen LogP contribution is 2.25. The zero-order valence-electron chi connectivity index (χ0n) is 13.2. The standard InChI is InChI=1S/C19H18ClFN2O/c20-18-6-5-16(22)12-17(18)19(24)23-9-7-14(8-10-23)11-13-1-3-15(21)4-2-13/h1,3,5-6,12,14H,7-11,22H2. The second kappa shape index (κ2) is 7.11. The lowest BCUT2D eigenvalue weighted by Crippen LogP contribution is -2.39. The van der Waals surface area contributed by atoms with Gasteiger partial charge in [-0.3, -0.25) is 4.79 Å². The van der Waals surface area contributed by atoms with E-state index in [2.05, 4.69) is 12.1 Å². The number of nitrogens with two attached hydrogens (primary N) is 1. The van der Waals surface area contributed by atoms with Gasteiger partial charge < -0.3 is 10.6 Å². The van der Waals surface area contributed by atoms with Crippen molar-refractivity contribution in [3.63, 3.8) is 0 Å². The summed E-state index contributed by atoms with van der Waals surface area (Å²) in [6.07, 6.45) is 2.63. The molecule has 1 aliphatic rings. The lowest BCUT2D eigenvalue weighted by atomic mass is 9.90. The first-order valence-electron chi connectivity index (χ1n) is 7.95. The third-order valence-corrected chi connectivity index (χ3v) is 4.73. The van der Waals surface area contributed by atoms with Crippen LogP contribution < -0.4 is 5.73 Å². The van der Waals surface area contributed by atoms with Crippen molar-refractivity contribution in [3.8, 4) is 0 Å². The molecule has 0 bridgehead atoms. The van der Waals surface area contributed by atoms with Gasteiger partial charge in [0.25, 0.3) is 5.91 Å². The minimum absolute atomic E-state index is 0.0765. The Labute approximate surface area is 146 Å². The van der Waals surface area contributed by atoms with Crippen LogP contribution in [0.4, 0.5) is 10.1 Å². The van der Waals surface area contributed by atoms with Gasteiger partial charge in [0.15, 0.2) is 5.82 Å². The molecule has 3 rings (SSSR count). The van der Waals surface area contributed by atoms with Gasteiger partial charge in [-0.05, 0) is 61.6 Å². The highest BCUT2D eigenvalue weighted by molar-refractivity contribution is 6.34. The molecule has 5 heteroatoms. The molecule has 124 valence electrons. The molecule has 0 unspecified atom stereocenters. The summed E-state index contributed by atoms with van der Waals surface area (Å²) in [5, 5.41) is 0.424. The van der Waals surface area contributed by atoms with Gasteiger partial charge in [0.2, 0.25) is 0 Å². The molecule has 1 fully saturated rings. The quantitative estimate of drug-likeness (QED) is 0.862. The monoisotopic (exact) mass is 344 g/mol. The number of hydrogen-bond donors (Lipinski definition) is 1. The number of nitrogen functional groups attached to an aromatic ring is 1. The maximum atomic E-state index is 12.9. The van der Waals surface area contributed by atoms with Crippen LogP contribution >= 0.6 is 11.6 Å². The van der Waals surface area contributed by atoms with Gasteiger partial charge in [0.05, 0.1) is 10.6 Å². The molecule has 2 aromatic carbocycles. The van der Waals surface area contributed by atoms with E-state index in [-0.39, 0.29) is 5.91 Å². The highest BCUT2D eigenvalue weighted by atomic mass is 35.5. The Balaban J connectivity index is 1.59. The number of rotatable bonds is 3. The molecule has 0 aliphatic carbocycles. The van der Waals surface area contributed by atoms with E-state index in [1.54, 1.807) is 24.3 Å². The minimum atomic E-state index is -0.391. The van der Waals surface area contributed by atoms with Crippen LogP contribution in [0.1, 0.15) is 28.8 Å². The van der Waals surface area contributed by atoms with Crippen LogP contribution in [0.15, 0.2) is 30.3 Å². The van der Waals surface area contributed by atoms with Gasteiger partial charge in [0, 0.05) is 24.3 Å². The molecule has 2 N–H and O–H groups in total. The summed E-state index contributed by atoms with van der Waals surface area (Å²) in [5.41, 5.74) is 7.69. The topological polar surface area (TPSA) is 46.3 Å². The summed E-state index contributed by atoms with van der Waals surface area (Å²) >= 11 is 6.12. The number of carbonyl (C=O) groups excluding carboxylic acids is 1. The van der Waals surface area contributed by atoms with Gasteiger partial charge in [-0.25, -0.2) is 0 Å². The molecule has 0 aromatic heterocycles. The number of halogens is 2. The van der Waals surface area contributed by atoms with Gasteiger partial charge in [-0.2, -0.15) is 4.39 Å². The molecule has 1 aliphatic heterocycles. The predicted molar refractivity (Wildman–Crippen MR) is 92.3 cm³/mol. The van der Waals surface area contributed by atoms with Crippen molar-refractivity contribution in [2.24, 2.45) is 5.92 Å². The summed E-state index contributed by atoms with van der Waals surface area (Å²) in [4.78, 5) is 14.4. The lowest BCUT2D eigenvalue weighted by molar-refractivity contribution is 0.0691. The molecule has 2 aromatic rings. The number of amides is 1. The van der Waals surface area contributed by atoms with E-state index in [4.69, 9.17) is 17.3 Å². The van der Waals surface area contributed by atoms with E-state index in [1.165, 1.54) is 6.07 Å². The van der Waals surface area contributed by atoms with Crippen molar-refractivity contribution >= 4 is 23.2 Å². The first-order valence-corrected chi connectivity index (χ1v) is 8.33. The van der Waals surface area contributed by atoms with E-state index in [0.29, 0.717) is 35.3 Å². The Morgan fingerprint density at radius 2 is 2.00 bits per heavy atom. The van der Waals surface area contributed by atoms with E-state index < -0.39 is 5.82 Å². The molecule has 0 spiro atoms. The van der Waals surface area contributed by atoms with Crippen molar-refractivity contribution in [2.75, 3.05) is 18.8 Å². The molecule has 0 radical (unpaired) electrons. The van der Waals surface area contributed by atoms with Crippen LogP contribution in [0, 0.1) is 23.9 Å².